The summed E-state index contributed by atoms with van der Waals surface area (Å²) >= 11 is 0. The lowest BCUT2D eigenvalue weighted by Gasteiger charge is -2.39. The fraction of sp³-hybridized carbons (Fsp3) is 0.684. The first-order valence-electron chi connectivity index (χ1n) is 8.55. The van der Waals surface area contributed by atoms with Crippen LogP contribution in [0.1, 0.15) is 64.6 Å². The fourth-order valence-electron chi connectivity index (χ4n) is 3.65. The van der Waals surface area contributed by atoms with Crippen molar-refractivity contribution >= 4 is 0 Å². The Labute approximate surface area is 130 Å². The van der Waals surface area contributed by atoms with Crippen LogP contribution in [0.3, 0.4) is 0 Å². The van der Waals surface area contributed by atoms with Gasteiger partial charge in [-0.25, -0.2) is 0 Å². The minimum Gasteiger partial charge on any atom is -0.306 e. The third-order valence-electron chi connectivity index (χ3n) is 5.04. The van der Waals surface area contributed by atoms with Crippen LogP contribution in [0.4, 0.5) is 0 Å². The first-order valence-corrected chi connectivity index (χ1v) is 8.55. The molecule has 0 bridgehead atoms. The lowest BCUT2D eigenvalue weighted by Crippen LogP contribution is -2.42. The topological polar surface area (TPSA) is 15.3 Å². The molecule has 1 aliphatic carbocycles. The average molecular weight is 288 g/mol. The molecule has 1 N–H and O–H groups in total. The molecule has 2 heteroatoms. The van der Waals surface area contributed by atoms with Crippen LogP contribution in [0.2, 0.25) is 0 Å². The van der Waals surface area contributed by atoms with E-state index in [1.165, 1.54) is 24.0 Å². The summed E-state index contributed by atoms with van der Waals surface area (Å²) < 4.78 is 0. The Balaban J connectivity index is 2.08. The molecule has 21 heavy (non-hydrogen) atoms. The summed E-state index contributed by atoms with van der Waals surface area (Å²) in [6.07, 6.45) is 2.51. The molecule has 1 aromatic carbocycles. The molecule has 2 unspecified atom stereocenters. The normalized spacial score (nSPS) is 22.1. The van der Waals surface area contributed by atoms with Crippen LogP contribution >= 0.6 is 0 Å². The second-order valence-corrected chi connectivity index (χ2v) is 7.12. The monoisotopic (exact) mass is 288 g/mol. The fourth-order valence-corrected chi connectivity index (χ4v) is 3.65. The highest BCUT2D eigenvalue weighted by molar-refractivity contribution is 5.38. The molecule has 2 nitrogen and oxygen atoms in total. The molecule has 0 heterocycles. The summed E-state index contributed by atoms with van der Waals surface area (Å²) in [6.45, 7) is 15.0. The number of likely N-dealkylation sites (N-methyl/N-ethyl adjacent to an activating group) is 1. The Morgan fingerprint density at radius 3 is 2.57 bits per heavy atom. The predicted octanol–water partition coefficient (Wildman–Crippen LogP) is 4.12. The lowest BCUT2D eigenvalue weighted by molar-refractivity contribution is 0.250. The number of rotatable bonds is 6. The molecule has 0 aromatic heterocycles. The summed E-state index contributed by atoms with van der Waals surface area (Å²) in [5.41, 5.74) is 3.36. The average Bonchev–Trinajstić information content (AvgIpc) is 2.48. The second kappa shape index (κ2) is 6.93. The maximum absolute atomic E-state index is 3.87. The van der Waals surface area contributed by atoms with Gasteiger partial charge in [0.05, 0.1) is 0 Å². The molecule has 0 saturated heterocycles. The molecule has 1 aliphatic rings. The van der Waals surface area contributed by atoms with Gasteiger partial charge >= 0.3 is 0 Å². The van der Waals surface area contributed by atoms with Crippen molar-refractivity contribution in [3.8, 4) is 0 Å². The molecule has 118 valence electrons. The number of fused-ring (bicyclic) bond motifs is 1. The molecule has 2 atom stereocenters. The lowest BCUT2D eigenvalue weighted by atomic mass is 9.71. The highest BCUT2D eigenvalue weighted by Gasteiger charge is 2.32. The summed E-state index contributed by atoms with van der Waals surface area (Å²) in [4.78, 5) is 2.50. The van der Waals surface area contributed by atoms with Crippen LogP contribution in [-0.4, -0.2) is 30.6 Å². The van der Waals surface area contributed by atoms with E-state index >= 15 is 0 Å². The molecule has 0 spiro atoms. The maximum Gasteiger partial charge on any atom is 0.0326 e. The Morgan fingerprint density at radius 1 is 1.24 bits per heavy atom. The first-order chi connectivity index (χ1) is 9.97. The molecule has 0 saturated carbocycles. The quantitative estimate of drug-likeness (QED) is 0.847. The van der Waals surface area contributed by atoms with E-state index in [2.05, 4.69) is 69.1 Å². The molecule has 1 aromatic rings. The number of hydrogen-bond acceptors (Lipinski definition) is 2. The zero-order chi connectivity index (χ0) is 15.5. The Kier molecular flexibility index (Phi) is 5.45. The predicted molar refractivity (Wildman–Crippen MR) is 91.8 cm³/mol. The second-order valence-electron chi connectivity index (χ2n) is 7.12. The maximum atomic E-state index is 3.87. The Hall–Kier alpha value is -0.860. The largest absolute Gasteiger partial charge is 0.306 e. The van der Waals surface area contributed by atoms with E-state index in [4.69, 9.17) is 0 Å². The SMILES string of the molecule is CCN(CC)CC(C)NC1CCC(C)(C)c2ccccc21. The summed E-state index contributed by atoms with van der Waals surface area (Å²) in [5.74, 6) is 0. The van der Waals surface area contributed by atoms with Gasteiger partial charge < -0.3 is 10.2 Å². The van der Waals surface area contributed by atoms with E-state index in [0.717, 1.165) is 19.6 Å². The van der Waals surface area contributed by atoms with Crippen molar-refractivity contribution in [3.05, 3.63) is 35.4 Å². The van der Waals surface area contributed by atoms with Gasteiger partial charge in [-0.05, 0) is 49.4 Å². The van der Waals surface area contributed by atoms with Gasteiger partial charge in [0.1, 0.15) is 0 Å². The molecule has 2 rings (SSSR count). The van der Waals surface area contributed by atoms with Crippen molar-refractivity contribution in [2.75, 3.05) is 19.6 Å². The van der Waals surface area contributed by atoms with Crippen molar-refractivity contribution in [2.24, 2.45) is 0 Å². The number of nitrogens with zero attached hydrogens (tertiary/aromatic N) is 1. The van der Waals surface area contributed by atoms with Crippen molar-refractivity contribution in [2.45, 2.75) is 65.0 Å². The number of nitrogens with one attached hydrogen (secondary N) is 1. The van der Waals surface area contributed by atoms with Gasteiger partial charge in [-0.3, -0.25) is 0 Å². The van der Waals surface area contributed by atoms with Gasteiger partial charge in [-0.1, -0.05) is 52.0 Å². The standard InChI is InChI=1S/C19H32N2/c1-6-21(7-2)14-15(3)20-18-12-13-19(4,5)17-11-9-8-10-16(17)18/h8-11,15,18,20H,6-7,12-14H2,1-5H3. The molecule has 0 amide bonds. The van der Waals surface area contributed by atoms with E-state index in [9.17, 15) is 0 Å². The molecular formula is C19H32N2. The van der Waals surface area contributed by atoms with Gasteiger partial charge in [-0.2, -0.15) is 0 Å². The van der Waals surface area contributed by atoms with Gasteiger partial charge in [-0.15, -0.1) is 0 Å². The van der Waals surface area contributed by atoms with Crippen molar-refractivity contribution in [1.29, 1.82) is 0 Å². The third-order valence-corrected chi connectivity index (χ3v) is 5.04. The van der Waals surface area contributed by atoms with E-state index in [1.807, 2.05) is 0 Å². The molecule has 0 radical (unpaired) electrons. The molecule has 0 aliphatic heterocycles. The minimum atomic E-state index is 0.316. The van der Waals surface area contributed by atoms with Crippen LogP contribution < -0.4 is 5.32 Å². The van der Waals surface area contributed by atoms with Gasteiger partial charge in [0.25, 0.3) is 0 Å². The van der Waals surface area contributed by atoms with Crippen molar-refractivity contribution in [1.82, 2.24) is 10.2 Å². The van der Waals surface area contributed by atoms with Crippen LogP contribution in [0.15, 0.2) is 24.3 Å². The summed E-state index contributed by atoms with van der Waals surface area (Å²) in [6, 6.07) is 10.0. The van der Waals surface area contributed by atoms with Gasteiger partial charge in [0, 0.05) is 18.6 Å². The zero-order valence-electron chi connectivity index (χ0n) is 14.4. The molecule has 0 fully saturated rings. The minimum absolute atomic E-state index is 0.316. The number of benzene rings is 1. The highest BCUT2D eigenvalue weighted by Crippen LogP contribution is 2.41. The Morgan fingerprint density at radius 2 is 1.90 bits per heavy atom. The van der Waals surface area contributed by atoms with Crippen LogP contribution in [0, 0.1) is 0 Å². The van der Waals surface area contributed by atoms with Gasteiger partial charge in [0.2, 0.25) is 0 Å². The van der Waals surface area contributed by atoms with Gasteiger partial charge in [0.15, 0.2) is 0 Å². The third kappa shape index (κ3) is 3.87. The van der Waals surface area contributed by atoms with Crippen LogP contribution in [0.5, 0.6) is 0 Å². The number of hydrogen-bond donors (Lipinski definition) is 1. The Bertz CT molecular complexity index is 449. The van der Waals surface area contributed by atoms with E-state index in [-0.39, 0.29) is 0 Å². The summed E-state index contributed by atoms with van der Waals surface area (Å²) in [5, 5.41) is 3.87. The van der Waals surface area contributed by atoms with Crippen molar-refractivity contribution < 1.29 is 0 Å². The van der Waals surface area contributed by atoms with Crippen LogP contribution in [0.25, 0.3) is 0 Å². The van der Waals surface area contributed by atoms with Crippen LogP contribution in [-0.2, 0) is 5.41 Å². The van der Waals surface area contributed by atoms with E-state index in [1.54, 1.807) is 0 Å². The van der Waals surface area contributed by atoms with E-state index < -0.39 is 0 Å². The zero-order valence-corrected chi connectivity index (χ0v) is 14.4. The van der Waals surface area contributed by atoms with Crippen molar-refractivity contribution in [3.63, 3.8) is 0 Å². The first kappa shape index (κ1) is 16.5. The summed E-state index contributed by atoms with van der Waals surface area (Å²) in [7, 11) is 0. The highest BCUT2D eigenvalue weighted by atomic mass is 15.1. The molecular weight excluding hydrogens is 256 g/mol. The smallest absolute Gasteiger partial charge is 0.0326 e. The van der Waals surface area contributed by atoms with E-state index in [0.29, 0.717) is 17.5 Å².